The first-order valence-electron chi connectivity index (χ1n) is 7.81. The van der Waals surface area contributed by atoms with E-state index < -0.39 is 24.5 Å². The van der Waals surface area contributed by atoms with E-state index in [1.54, 1.807) is 49.4 Å². The van der Waals surface area contributed by atoms with Crippen molar-refractivity contribution in [1.82, 2.24) is 0 Å². The van der Waals surface area contributed by atoms with E-state index in [1.165, 1.54) is 0 Å². The highest BCUT2D eigenvalue weighted by Crippen LogP contribution is 2.16. The van der Waals surface area contributed by atoms with Crippen molar-refractivity contribution in [3.63, 3.8) is 0 Å². The zero-order valence-corrected chi connectivity index (χ0v) is 14.1. The van der Waals surface area contributed by atoms with Crippen molar-refractivity contribution in [3.8, 4) is 0 Å². The van der Waals surface area contributed by atoms with Gasteiger partial charge in [-0.3, -0.25) is 4.79 Å². The molecule has 1 amide bonds. The van der Waals surface area contributed by atoms with Crippen LogP contribution in [0.1, 0.15) is 33.2 Å². The molecule has 0 fully saturated rings. The van der Waals surface area contributed by atoms with Gasteiger partial charge in [-0.2, -0.15) is 0 Å². The standard InChI is InChI=1S/C19H19NO5/c1-3-24-19(23)15-9-4-5-10-16(15)20-17(21)12-25-18(22)14-8-6-7-13(2)11-14/h4-11H,3,12H2,1-2H3,(H,20,21). The Kier molecular flexibility index (Phi) is 6.28. The first-order chi connectivity index (χ1) is 12.0. The minimum atomic E-state index is -0.586. The van der Waals surface area contributed by atoms with Crippen LogP contribution in [0.25, 0.3) is 0 Å². The van der Waals surface area contributed by atoms with Gasteiger partial charge >= 0.3 is 11.9 Å². The van der Waals surface area contributed by atoms with Crippen molar-refractivity contribution >= 4 is 23.5 Å². The Labute approximate surface area is 145 Å². The average molecular weight is 341 g/mol. The molecule has 2 aromatic rings. The van der Waals surface area contributed by atoms with Crippen LogP contribution in [-0.4, -0.2) is 31.1 Å². The number of para-hydroxylation sites is 1. The molecule has 0 aliphatic heterocycles. The maximum absolute atomic E-state index is 12.0. The minimum Gasteiger partial charge on any atom is -0.462 e. The van der Waals surface area contributed by atoms with Gasteiger partial charge in [0, 0.05) is 0 Å². The van der Waals surface area contributed by atoms with E-state index in [0.717, 1.165) is 5.56 Å². The van der Waals surface area contributed by atoms with Crippen LogP contribution in [0.15, 0.2) is 48.5 Å². The van der Waals surface area contributed by atoms with E-state index in [9.17, 15) is 14.4 Å². The van der Waals surface area contributed by atoms with Gasteiger partial charge in [0.1, 0.15) is 0 Å². The van der Waals surface area contributed by atoms with Gasteiger partial charge in [0.2, 0.25) is 0 Å². The second-order valence-corrected chi connectivity index (χ2v) is 5.26. The molecule has 130 valence electrons. The summed E-state index contributed by atoms with van der Waals surface area (Å²) >= 11 is 0. The van der Waals surface area contributed by atoms with Crippen LogP contribution in [0.3, 0.4) is 0 Å². The Morgan fingerprint density at radius 2 is 1.72 bits per heavy atom. The van der Waals surface area contributed by atoms with Crippen LogP contribution in [0.4, 0.5) is 5.69 Å². The van der Waals surface area contributed by atoms with Crippen LogP contribution >= 0.6 is 0 Å². The number of esters is 2. The Morgan fingerprint density at radius 3 is 2.44 bits per heavy atom. The molecule has 0 unspecified atom stereocenters. The number of carbonyl (C=O) groups excluding carboxylic acids is 3. The normalized spacial score (nSPS) is 10.0. The van der Waals surface area contributed by atoms with Crippen LogP contribution in [0.5, 0.6) is 0 Å². The third-order valence-corrected chi connectivity index (χ3v) is 3.28. The summed E-state index contributed by atoms with van der Waals surface area (Å²) in [4.78, 5) is 35.8. The van der Waals surface area contributed by atoms with Gasteiger partial charge in [-0.15, -0.1) is 0 Å². The number of anilines is 1. The summed E-state index contributed by atoms with van der Waals surface area (Å²) in [7, 11) is 0. The lowest BCUT2D eigenvalue weighted by molar-refractivity contribution is -0.119. The Morgan fingerprint density at radius 1 is 0.960 bits per heavy atom. The fourth-order valence-corrected chi connectivity index (χ4v) is 2.15. The summed E-state index contributed by atoms with van der Waals surface area (Å²) in [6.45, 7) is 3.33. The van der Waals surface area contributed by atoms with Crippen molar-refractivity contribution in [2.75, 3.05) is 18.5 Å². The SMILES string of the molecule is CCOC(=O)c1ccccc1NC(=O)COC(=O)c1cccc(C)c1. The molecule has 6 heteroatoms. The number of benzene rings is 2. The summed E-state index contributed by atoms with van der Waals surface area (Å²) in [5, 5.41) is 2.55. The Balaban J connectivity index is 1.97. The molecule has 0 radical (unpaired) electrons. The number of nitrogens with one attached hydrogen (secondary N) is 1. The maximum atomic E-state index is 12.0. The van der Waals surface area contributed by atoms with Gasteiger partial charge in [-0.1, -0.05) is 29.8 Å². The molecule has 0 saturated carbocycles. The molecule has 0 bridgehead atoms. The van der Waals surface area contributed by atoms with Crippen LogP contribution in [0, 0.1) is 6.92 Å². The lowest BCUT2D eigenvalue weighted by atomic mass is 10.1. The number of ether oxygens (including phenoxy) is 2. The van der Waals surface area contributed by atoms with Gasteiger partial charge < -0.3 is 14.8 Å². The van der Waals surface area contributed by atoms with Crippen molar-refractivity contribution in [2.24, 2.45) is 0 Å². The quantitative estimate of drug-likeness (QED) is 0.817. The lowest BCUT2D eigenvalue weighted by Gasteiger charge is -2.10. The molecule has 25 heavy (non-hydrogen) atoms. The van der Waals surface area contributed by atoms with E-state index in [1.807, 2.05) is 13.0 Å². The van der Waals surface area contributed by atoms with Crippen molar-refractivity contribution in [1.29, 1.82) is 0 Å². The number of amides is 1. The summed E-state index contributed by atoms with van der Waals surface area (Å²) in [6, 6.07) is 13.4. The highest BCUT2D eigenvalue weighted by Gasteiger charge is 2.15. The monoisotopic (exact) mass is 341 g/mol. The number of hydrogen-bond acceptors (Lipinski definition) is 5. The molecule has 0 saturated heterocycles. The molecular formula is C19H19NO5. The second kappa shape index (κ2) is 8.63. The zero-order valence-electron chi connectivity index (χ0n) is 14.1. The number of carbonyl (C=O) groups is 3. The van der Waals surface area contributed by atoms with Crippen LogP contribution in [-0.2, 0) is 14.3 Å². The fraction of sp³-hybridized carbons (Fsp3) is 0.211. The van der Waals surface area contributed by atoms with E-state index in [0.29, 0.717) is 11.3 Å². The van der Waals surface area contributed by atoms with E-state index in [-0.39, 0.29) is 12.2 Å². The first-order valence-corrected chi connectivity index (χ1v) is 7.81. The van der Waals surface area contributed by atoms with Crippen molar-refractivity contribution < 1.29 is 23.9 Å². The average Bonchev–Trinajstić information content (AvgIpc) is 2.60. The van der Waals surface area contributed by atoms with Gasteiger partial charge in [0.25, 0.3) is 5.91 Å². The predicted octanol–water partition coefficient (Wildman–Crippen LogP) is 2.97. The number of hydrogen-bond donors (Lipinski definition) is 1. The molecule has 0 heterocycles. The molecule has 2 rings (SSSR count). The first kappa shape index (κ1) is 18.2. The highest BCUT2D eigenvalue weighted by molar-refractivity contribution is 6.02. The molecule has 0 aromatic heterocycles. The molecule has 2 aromatic carbocycles. The Hall–Kier alpha value is -3.15. The minimum absolute atomic E-state index is 0.231. The van der Waals surface area contributed by atoms with Gasteiger partial charge in [-0.25, -0.2) is 9.59 Å². The molecule has 0 spiro atoms. The smallest absolute Gasteiger partial charge is 0.340 e. The molecule has 0 aliphatic rings. The van der Waals surface area contributed by atoms with Crippen molar-refractivity contribution in [3.05, 3.63) is 65.2 Å². The van der Waals surface area contributed by atoms with E-state index in [4.69, 9.17) is 9.47 Å². The predicted molar refractivity (Wildman–Crippen MR) is 92.5 cm³/mol. The molecule has 1 N–H and O–H groups in total. The van der Waals surface area contributed by atoms with Crippen molar-refractivity contribution in [2.45, 2.75) is 13.8 Å². The van der Waals surface area contributed by atoms with Crippen LogP contribution in [0.2, 0.25) is 0 Å². The summed E-state index contributed by atoms with van der Waals surface area (Å²) in [5.74, 6) is -1.66. The molecule has 0 aliphatic carbocycles. The van der Waals surface area contributed by atoms with E-state index >= 15 is 0 Å². The van der Waals surface area contributed by atoms with Gasteiger partial charge in [-0.05, 0) is 38.1 Å². The Bertz CT molecular complexity index is 785. The van der Waals surface area contributed by atoms with Gasteiger partial charge in [0.15, 0.2) is 6.61 Å². The fourth-order valence-electron chi connectivity index (χ4n) is 2.15. The summed E-state index contributed by atoms with van der Waals surface area (Å²) < 4.78 is 9.94. The largest absolute Gasteiger partial charge is 0.462 e. The maximum Gasteiger partial charge on any atom is 0.340 e. The summed E-state index contributed by atoms with van der Waals surface area (Å²) in [6.07, 6.45) is 0. The number of aryl methyl sites for hydroxylation is 1. The zero-order chi connectivity index (χ0) is 18.2. The third-order valence-electron chi connectivity index (χ3n) is 3.28. The summed E-state index contributed by atoms with van der Waals surface area (Å²) in [5.41, 5.74) is 1.84. The molecule has 6 nitrogen and oxygen atoms in total. The number of rotatable bonds is 6. The third kappa shape index (κ3) is 5.17. The van der Waals surface area contributed by atoms with E-state index in [2.05, 4.69) is 5.32 Å². The lowest BCUT2D eigenvalue weighted by Crippen LogP contribution is -2.22. The van der Waals surface area contributed by atoms with Crippen LogP contribution < -0.4 is 5.32 Å². The highest BCUT2D eigenvalue weighted by atomic mass is 16.5. The molecular weight excluding hydrogens is 322 g/mol. The molecule has 0 atom stereocenters. The topological polar surface area (TPSA) is 81.7 Å². The van der Waals surface area contributed by atoms with Gasteiger partial charge in [0.05, 0.1) is 23.4 Å². The second-order valence-electron chi connectivity index (χ2n) is 5.26.